The Balaban J connectivity index is 0.00000312. The number of nitriles is 1. The van der Waals surface area contributed by atoms with Crippen LogP contribution in [-0.4, -0.2) is 25.6 Å². The summed E-state index contributed by atoms with van der Waals surface area (Å²) in [5, 5.41) is 19.7. The predicted molar refractivity (Wildman–Crippen MR) is 108 cm³/mol. The Labute approximate surface area is 171 Å². The summed E-state index contributed by atoms with van der Waals surface area (Å²) in [7, 11) is 0. The molecule has 4 N–H and O–H groups in total. The van der Waals surface area contributed by atoms with Gasteiger partial charge in [0, 0.05) is 0 Å². The van der Waals surface area contributed by atoms with E-state index in [1.165, 1.54) is 0 Å². The molecular formula is C17H16Br2N4OSe. The first-order chi connectivity index (χ1) is 11.5. The van der Waals surface area contributed by atoms with Crippen LogP contribution in [0.2, 0.25) is 0 Å². The van der Waals surface area contributed by atoms with Gasteiger partial charge >= 0.3 is 155 Å². The third-order valence-electron chi connectivity index (χ3n) is 3.24. The van der Waals surface area contributed by atoms with E-state index >= 15 is 0 Å². The van der Waals surface area contributed by atoms with Crippen molar-refractivity contribution in [2.24, 2.45) is 5.73 Å². The number of amidine groups is 1. The maximum absolute atomic E-state index is 12.5. The molecule has 2 aromatic carbocycles. The van der Waals surface area contributed by atoms with E-state index in [9.17, 15) is 4.79 Å². The molecule has 0 unspecified atom stereocenters. The molecule has 0 aliphatic rings. The summed E-state index contributed by atoms with van der Waals surface area (Å²) in [6.07, 6.45) is 0. The topological polar surface area (TPSA) is 103 Å². The Bertz CT molecular complexity index is 803. The summed E-state index contributed by atoms with van der Waals surface area (Å²) in [4.78, 5) is 12.5. The van der Waals surface area contributed by atoms with Crippen molar-refractivity contribution in [3.05, 3.63) is 69.2 Å². The van der Waals surface area contributed by atoms with E-state index in [0.29, 0.717) is 23.0 Å². The van der Waals surface area contributed by atoms with E-state index in [1.807, 2.05) is 24.3 Å². The second kappa shape index (κ2) is 10.4. The molecule has 0 heterocycles. The van der Waals surface area contributed by atoms with Gasteiger partial charge in [-0.2, -0.15) is 0 Å². The van der Waals surface area contributed by atoms with Crippen LogP contribution in [0.4, 0.5) is 0 Å². The first-order valence-electron chi connectivity index (χ1n) is 7.02. The number of hydrogen-bond acceptors (Lipinski definition) is 3. The first kappa shape index (κ1) is 21.4. The number of halogens is 2. The fraction of sp³-hybridized carbons (Fsp3) is 0.118. The van der Waals surface area contributed by atoms with Crippen LogP contribution in [-0.2, 0) is 11.9 Å². The monoisotopic (exact) mass is 530 g/mol. The molecular weight excluding hydrogens is 515 g/mol. The van der Waals surface area contributed by atoms with Gasteiger partial charge in [0.05, 0.1) is 0 Å². The van der Waals surface area contributed by atoms with Crippen molar-refractivity contribution in [2.75, 3.05) is 0 Å². The van der Waals surface area contributed by atoms with Gasteiger partial charge in [0.1, 0.15) is 0 Å². The Kier molecular flexibility index (Phi) is 8.87. The number of amides is 1. The predicted octanol–water partition coefficient (Wildman–Crippen LogP) is 2.93. The van der Waals surface area contributed by atoms with Crippen LogP contribution in [0.1, 0.15) is 27.0 Å². The molecule has 0 aliphatic carbocycles. The van der Waals surface area contributed by atoms with Crippen molar-refractivity contribution in [3.8, 4) is 6.07 Å². The van der Waals surface area contributed by atoms with Crippen molar-refractivity contribution < 1.29 is 4.79 Å². The molecule has 5 nitrogen and oxygen atoms in total. The summed E-state index contributed by atoms with van der Waals surface area (Å²) in [6.45, 7) is 0.383. The second-order valence-electron chi connectivity index (χ2n) is 4.95. The van der Waals surface area contributed by atoms with Gasteiger partial charge in [0.2, 0.25) is 0 Å². The summed E-state index contributed by atoms with van der Waals surface area (Å²) < 4.78 is 0.986. The molecule has 0 radical (unpaired) electrons. The summed E-state index contributed by atoms with van der Waals surface area (Å²) in [5.41, 5.74) is 8.41. The van der Waals surface area contributed by atoms with Crippen molar-refractivity contribution >= 4 is 58.5 Å². The third kappa shape index (κ3) is 6.63. The van der Waals surface area contributed by atoms with Gasteiger partial charge in [0.25, 0.3) is 0 Å². The van der Waals surface area contributed by atoms with Gasteiger partial charge in [-0.3, -0.25) is 0 Å². The van der Waals surface area contributed by atoms with E-state index in [1.54, 1.807) is 18.2 Å². The third-order valence-corrected chi connectivity index (χ3v) is 5.34. The molecule has 1 amide bonds. The van der Waals surface area contributed by atoms with Crippen molar-refractivity contribution in [1.82, 2.24) is 5.32 Å². The summed E-state index contributed by atoms with van der Waals surface area (Å²) >= 11 is 3.23. The Morgan fingerprint density at radius 1 is 1.28 bits per heavy atom. The van der Waals surface area contributed by atoms with Crippen molar-refractivity contribution in [1.29, 1.82) is 10.7 Å². The summed E-state index contributed by atoms with van der Waals surface area (Å²) in [5.74, 6) is -0.171. The fourth-order valence-corrected chi connectivity index (χ4v) is 3.56. The van der Waals surface area contributed by atoms with Crippen molar-refractivity contribution in [2.45, 2.75) is 11.9 Å². The van der Waals surface area contributed by atoms with E-state index < -0.39 is 0 Å². The first-order valence-corrected chi connectivity index (χ1v) is 9.88. The molecule has 0 aliphatic heterocycles. The van der Waals surface area contributed by atoms with Gasteiger partial charge in [0.15, 0.2) is 0 Å². The van der Waals surface area contributed by atoms with Crippen LogP contribution in [0.5, 0.6) is 0 Å². The molecule has 130 valence electrons. The molecule has 2 rings (SSSR count). The van der Waals surface area contributed by atoms with Gasteiger partial charge < -0.3 is 0 Å². The van der Waals surface area contributed by atoms with Crippen LogP contribution in [0.3, 0.4) is 0 Å². The van der Waals surface area contributed by atoms with Crippen molar-refractivity contribution in [3.63, 3.8) is 0 Å². The van der Waals surface area contributed by atoms with Crippen LogP contribution in [0, 0.1) is 16.7 Å². The van der Waals surface area contributed by atoms with E-state index in [2.05, 4.69) is 27.3 Å². The number of rotatable bonds is 6. The molecule has 0 aromatic heterocycles. The number of hydrogen-bond donors (Lipinski definition) is 3. The average molecular weight is 531 g/mol. The summed E-state index contributed by atoms with van der Waals surface area (Å²) in [6, 6.07) is 14.7. The minimum atomic E-state index is -0.171. The number of carbonyl (C=O) groups excluding carboxylic acids is 1. The van der Waals surface area contributed by atoms with Gasteiger partial charge in [-0.15, -0.1) is 17.0 Å². The van der Waals surface area contributed by atoms with Crippen LogP contribution in [0.15, 0.2) is 46.9 Å². The fourth-order valence-electron chi connectivity index (χ4n) is 2.02. The molecule has 0 spiro atoms. The molecule has 2 aromatic rings. The van der Waals surface area contributed by atoms with Crippen LogP contribution in [0.25, 0.3) is 0 Å². The normalized spacial score (nSPS) is 9.60. The average Bonchev–Trinajstić information content (AvgIpc) is 2.58. The molecule has 25 heavy (non-hydrogen) atoms. The van der Waals surface area contributed by atoms with Crippen LogP contribution < -0.4 is 11.1 Å². The Morgan fingerprint density at radius 3 is 2.56 bits per heavy atom. The Hall–Kier alpha value is -1.65. The van der Waals surface area contributed by atoms with Gasteiger partial charge in [-0.1, -0.05) is 0 Å². The van der Waals surface area contributed by atoms with E-state index in [4.69, 9.17) is 16.4 Å². The zero-order valence-corrected chi connectivity index (χ0v) is 18.1. The number of nitrogens with one attached hydrogen (secondary N) is 2. The zero-order chi connectivity index (χ0) is 17.5. The van der Waals surface area contributed by atoms with Gasteiger partial charge in [-0.25, -0.2) is 0 Å². The number of carbonyl (C=O) groups is 1. The number of nitrogens with two attached hydrogens (primary N) is 1. The van der Waals surface area contributed by atoms with E-state index in [-0.39, 0.29) is 42.6 Å². The second-order valence-corrected chi connectivity index (χ2v) is 8.00. The number of nitrogens with zero attached hydrogens (tertiary/aromatic N) is 1. The zero-order valence-electron chi connectivity index (χ0n) is 13.1. The quantitative estimate of drug-likeness (QED) is 0.304. The van der Waals surface area contributed by atoms with Crippen LogP contribution >= 0.6 is 32.9 Å². The maximum atomic E-state index is 12.5. The Morgan fingerprint density at radius 2 is 1.96 bits per heavy atom. The molecule has 8 heteroatoms. The molecule has 0 atom stereocenters. The molecule has 0 fully saturated rings. The number of benzene rings is 2. The molecule has 0 bridgehead atoms. The standard InChI is InChI=1S/C17H15BrN4OSe.BrH/c18-14-6-5-13(10-24-17(20)21)15(7-14)16(23)22-9-12-3-1-11(8-19)2-4-12;/h1-7H,9-10H2,(H3,20,21)(H,22,23);1H. The van der Waals surface area contributed by atoms with Gasteiger partial charge in [-0.05, 0) is 0 Å². The SMILES string of the molecule is Br.N#Cc1ccc(CNC(=O)c2cc(Br)ccc2C[Se]C(=N)N)cc1. The molecule has 0 saturated carbocycles. The minimum absolute atomic E-state index is 0. The molecule has 0 saturated heterocycles. The van der Waals surface area contributed by atoms with E-state index in [0.717, 1.165) is 15.6 Å².